The van der Waals surface area contributed by atoms with E-state index in [1.54, 1.807) is 19.0 Å². The zero-order valence-corrected chi connectivity index (χ0v) is 18.1. The predicted octanol–water partition coefficient (Wildman–Crippen LogP) is 2.94. The van der Waals surface area contributed by atoms with E-state index in [9.17, 15) is 4.79 Å². The van der Waals surface area contributed by atoms with E-state index < -0.39 is 0 Å². The molecular weight excluding hydrogens is 471 g/mol. The second-order valence-corrected chi connectivity index (χ2v) is 6.25. The van der Waals surface area contributed by atoms with Gasteiger partial charge in [-0.15, -0.1) is 24.0 Å². The van der Waals surface area contributed by atoms with E-state index >= 15 is 0 Å². The van der Waals surface area contributed by atoms with Gasteiger partial charge < -0.3 is 15.1 Å². The molecule has 0 aliphatic carbocycles. The van der Waals surface area contributed by atoms with E-state index in [-0.39, 0.29) is 36.4 Å². The number of hydrogen-bond acceptors (Lipinski definition) is 2. The predicted molar refractivity (Wildman–Crippen MR) is 110 cm³/mol. The average molecular weight is 497 g/mol. The molecule has 0 radical (unpaired) electrons. The van der Waals surface area contributed by atoms with Crippen LogP contribution in [0, 0.1) is 0 Å². The van der Waals surface area contributed by atoms with E-state index in [2.05, 4.69) is 45.3 Å². The molecule has 0 bridgehead atoms. The maximum absolute atomic E-state index is 11.7. The van der Waals surface area contributed by atoms with Gasteiger partial charge in [-0.3, -0.25) is 4.79 Å². The number of carbonyl (C=O) groups is 1. The highest BCUT2D eigenvalue weighted by Gasteiger charge is 2.09. The maximum Gasteiger partial charge on any atom is 0.243 e. The van der Waals surface area contributed by atoms with Crippen LogP contribution < -0.4 is 5.32 Å². The number of hydrogen-bond donors (Lipinski definition) is 1. The molecule has 0 spiro atoms. The summed E-state index contributed by atoms with van der Waals surface area (Å²) in [6.07, 6.45) is 1.01. The Labute approximate surface area is 164 Å². The summed E-state index contributed by atoms with van der Waals surface area (Å²) in [6.45, 7) is 3.83. The Morgan fingerprint density at radius 1 is 1.22 bits per heavy atom. The molecule has 0 heterocycles. The van der Waals surface area contributed by atoms with Gasteiger partial charge in [0.05, 0.1) is 0 Å². The summed E-state index contributed by atoms with van der Waals surface area (Å²) in [4.78, 5) is 19.7. The molecule has 1 N–H and O–H groups in total. The number of rotatable bonds is 6. The van der Waals surface area contributed by atoms with Gasteiger partial charge in [0, 0.05) is 38.7 Å². The Morgan fingerprint density at radius 2 is 1.83 bits per heavy atom. The largest absolute Gasteiger partial charge is 0.356 e. The number of likely N-dealkylation sites (N-methyl/N-ethyl adjacent to an activating group) is 1. The molecule has 7 heteroatoms. The van der Waals surface area contributed by atoms with E-state index in [4.69, 9.17) is 0 Å². The third-order valence-electron chi connectivity index (χ3n) is 3.09. The third kappa shape index (κ3) is 8.55. The molecule has 1 aromatic rings. The molecule has 0 aliphatic rings. The van der Waals surface area contributed by atoms with Crippen molar-refractivity contribution in [2.45, 2.75) is 19.9 Å². The Bertz CT molecular complexity index is 505. The first-order chi connectivity index (χ1) is 10.4. The fourth-order valence-electron chi connectivity index (χ4n) is 1.77. The Morgan fingerprint density at radius 3 is 2.35 bits per heavy atom. The summed E-state index contributed by atoms with van der Waals surface area (Å²) in [6, 6.07) is 8.19. The molecule has 23 heavy (non-hydrogen) atoms. The Kier molecular flexibility index (Phi) is 11.2. The smallest absolute Gasteiger partial charge is 0.243 e. The first-order valence-corrected chi connectivity index (χ1v) is 8.17. The summed E-state index contributed by atoms with van der Waals surface area (Å²) in [5.74, 6) is 0.743. The van der Waals surface area contributed by atoms with Crippen molar-refractivity contribution >= 4 is 51.8 Å². The summed E-state index contributed by atoms with van der Waals surface area (Å²) in [7, 11) is 5.45. The van der Waals surface area contributed by atoms with Gasteiger partial charge in [0.2, 0.25) is 5.91 Å². The molecule has 0 aromatic heterocycles. The van der Waals surface area contributed by atoms with Crippen molar-refractivity contribution < 1.29 is 4.79 Å². The van der Waals surface area contributed by atoms with Gasteiger partial charge in [-0.1, -0.05) is 35.0 Å². The van der Waals surface area contributed by atoms with Crippen molar-refractivity contribution in [2.24, 2.45) is 4.99 Å². The lowest BCUT2D eigenvalue weighted by Crippen LogP contribution is -2.39. The lowest BCUT2D eigenvalue weighted by molar-refractivity contribution is -0.127. The number of aliphatic imine (C=N–C) groups is 1. The molecule has 130 valence electrons. The van der Waals surface area contributed by atoms with Crippen LogP contribution in [-0.4, -0.2) is 55.9 Å². The van der Waals surface area contributed by atoms with Crippen LogP contribution in [-0.2, 0) is 11.3 Å². The second kappa shape index (κ2) is 11.7. The van der Waals surface area contributed by atoms with Crippen LogP contribution in [0.15, 0.2) is 33.7 Å². The third-order valence-corrected chi connectivity index (χ3v) is 3.62. The van der Waals surface area contributed by atoms with Gasteiger partial charge in [0.15, 0.2) is 5.96 Å². The van der Waals surface area contributed by atoms with Gasteiger partial charge in [-0.25, -0.2) is 4.99 Å². The standard InChI is InChI=1S/C16H25BrN4O.HI/c1-5-10-18-16(19-11-15(22)20(2)3)21(4)12-13-6-8-14(17)9-7-13;/h6-9H,5,10-12H2,1-4H3,(H,18,19);1H. The zero-order chi connectivity index (χ0) is 16.5. The molecule has 0 saturated heterocycles. The van der Waals surface area contributed by atoms with Gasteiger partial charge in [-0.2, -0.15) is 0 Å². The molecule has 0 aliphatic heterocycles. The summed E-state index contributed by atoms with van der Waals surface area (Å²) in [5.41, 5.74) is 1.19. The van der Waals surface area contributed by atoms with Crippen LogP contribution in [0.2, 0.25) is 0 Å². The second-order valence-electron chi connectivity index (χ2n) is 5.34. The minimum atomic E-state index is -0.00663. The van der Waals surface area contributed by atoms with E-state index in [0.717, 1.165) is 29.9 Å². The fraction of sp³-hybridized carbons (Fsp3) is 0.500. The molecule has 1 amide bonds. The molecule has 5 nitrogen and oxygen atoms in total. The van der Waals surface area contributed by atoms with Crippen molar-refractivity contribution in [3.63, 3.8) is 0 Å². The minimum Gasteiger partial charge on any atom is -0.356 e. The molecule has 0 unspecified atom stereocenters. The molecular formula is C16H26BrIN4O. The zero-order valence-electron chi connectivity index (χ0n) is 14.2. The van der Waals surface area contributed by atoms with Crippen LogP contribution in [0.25, 0.3) is 0 Å². The average Bonchev–Trinajstić information content (AvgIpc) is 2.49. The molecule has 1 rings (SSSR count). The van der Waals surface area contributed by atoms with Crippen LogP contribution >= 0.6 is 39.9 Å². The number of halogens is 2. The number of carbonyl (C=O) groups excluding carboxylic acids is 1. The van der Waals surface area contributed by atoms with Crippen molar-refractivity contribution in [2.75, 3.05) is 34.2 Å². The summed E-state index contributed by atoms with van der Waals surface area (Å²) in [5, 5.41) is 3.29. The van der Waals surface area contributed by atoms with Crippen LogP contribution in [0.1, 0.15) is 18.9 Å². The number of benzene rings is 1. The summed E-state index contributed by atoms with van der Waals surface area (Å²) >= 11 is 3.44. The lowest BCUT2D eigenvalue weighted by Gasteiger charge is -2.22. The molecule has 0 saturated carbocycles. The Balaban J connectivity index is 0.00000484. The van der Waals surface area contributed by atoms with Gasteiger partial charge in [-0.05, 0) is 24.1 Å². The normalized spacial score (nSPS) is 10.7. The highest BCUT2D eigenvalue weighted by atomic mass is 127. The first-order valence-electron chi connectivity index (χ1n) is 7.38. The van der Waals surface area contributed by atoms with E-state index in [1.807, 2.05) is 24.1 Å². The monoisotopic (exact) mass is 496 g/mol. The van der Waals surface area contributed by atoms with Crippen molar-refractivity contribution in [1.29, 1.82) is 0 Å². The van der Waals surface area contributed by atoms with Crippen LogP contribution in [0.5, 0.6) is 0 Å². The van der Waals surface area contributed by atoms with Crippen LogP contribution in [0.4, 0.5) is 0 Å². The molecule has 0 fully saturated rings. The number of amides is 1. The van der Waals surface area contributed by atoms with Crippen molar-refractivity contribution in [3.8, 4) is 0 Å². The highest BCUT2D eigenvalue weighted by molar-refractivity contribution is 14.0. The summed E-state index contributed by atoms with van der Waals surface area (Å²) < 4.78 is 1.06. The van der Waals surface area contributed by atoms with Crippen molar-refractivity contribution in [3.05, 3.63) is 34.3 Å². The molecule has 0 atom stereocenters. The quantitative estimate of drug-likeness (QED) is 0.374. The van der Waals surface area contributed by atoms with Crippen molar-refractivity contribution in [1.82, 2.24) is 15.1 Å². The number of guanidine groups is 1. The van der Waals surface area contributed by atoms with Gasteiger partial charge in [0.25, 0.3) is 0 Å². The number of nitrogens with one attached hydrogen (secondary N) is 1. The van der Waals surface area contributed by atoms with Crippen LogP contribution in [0.3, 0.4) is 0 Å². The van der Waals surface area contributed by atoms with Gasteiger partial charge in [0.1, 0.15) is 6.54 Å². The fourth-order valence-corrected chi connectivity index (χ4v) is 2.04. The number of nitrogens with zero attached hydrogens (tertiary/aromatic N) is 3. The first kappa shape index (κ1) is 22.2. The highest BCUT2D eigenvalue weighted by Crippen LogP contribution is 2.11. The minimum absolute atomic E-state index is 0. The molecule has 1 aromatic carbocycles. The van der Waals surface area contributed by atoms with E-state index in [1.165, 1.54) is 5.56 Å². The topological polar surface area (TPSA) is 47.9 Å². The lowest BCUT2D eigenvalue weighted by atomic mass is 10.2. The Hall–Kier alpha value is -0.830. The maximum atomic E-state index is 11.7. The van der Waals surface area contributed by atoms with Gasteiger partial charge >= 0.3 is 0 Å². The van der Waals surface area contributed by atoms with E-state index in [0.29, 0.717) is 0 Å². The SMILES string of the molecule is CCCNC(=NCC(=O)N(C)C)N(C)Cc1ccc(Br)cc1.I.